The van der Waals surface area contributed by atoms with Crippen LogP contribution in [0, 0.1) is 11.2 Å². The third-order valence-electron chi connectivity index (χ3n) is 3.93. The number of hydrogen-bond acceptors (Lipinski definition) is 5. The standard InChI is InChI=1S/C19H22ClFN6O/c1-19(2,3)10-22-9-15-25-16-12(6-7-23-18(16)26-15)17(27-28)24-11-4-5-14(21)13(20)8-11/h4-8,22,28H,9-10H2,1-3H3,(H,24,27)(H,23,25,26). The molecule has 0 atom stereocenters. The molecule has 3 rings (SSSR count). The highest BCUT2D eigenvalue weighted by Gasteiger charge is 2.15. The minimum Gasteiger partial charge on any atom is -0.409 e. The predicted octanol–water partition coefficient (Wildman–Crippen LogP) is 4.13. The molecule has 0 unspecified atom stereocenters. The van der Waals surface area contributed by atoms with Crippen LogP contribution in [0.2, 0.25) is 5.02 Å². The first-order chi connectivity index (χ1) is 13.3. The summed E-state index contributed by atoms with van der Waals surface area (Å²) in [6.07, 6.45) is 1.58. The van der Waals surface area contributed by atoms with Crippen LogP contribution in [0.3, 0.4) is 0 Å². The number of halogens is 2. The Morgan fingerprint density at radius 1 is 1.32 bits per heavy atom. The van der Waals surface area contributed by atoms with Crippen LogP contribution in [-0.4, -0.2) is 32.5 Å². The largest absolute Gasteiger partial charge is 0.409 e. The van der Waals surface area contributed by atoms with Gasteiger partial charge < -0.3 is 20.8 Å². The molecule has 0 saturated heterocycles. The summed E-state index contributed by atoms with van der Waals surface area (Å²) in [5, 5.41) is 19.1. The van der Waals surface area contributed by atoms with E-state index in [0.717, 1.165) is 12.4 Å². The molecule has 2 aromatic heterocycles. The van der Waals surface area contributed by atoms with Gasteiger partial charge in [0.2, 0.25) is 0 Å². The van der Waals surface area contributed by atoms with Gasteiger partial charge in [-0.2, -0.15) is 0 Å². The average molecular weight is 405 g/mol. The number of benzene rings is 1. The van der Waals surface area contributed by atoms with Crippen LogP contribution in [0.25, 0.3) is 11.2 Å². The van der Waals surface area contributed by atoms with Crippen LogP contribution in [0.15, 0.2) is 35.6 Å². The normalized spacial score (nSPS) is 12.5. The topological polar surface area (TPSA) is 98.2 Å². The Morgan fingerprint density at radius 3 is 2.79 bits per heavy atom. The van der Waals surface area contributed by atoms with Crippen LogP contribution in [0.1, 0.15) is 32.2 Å². The lowest BCUT2D eigenvalue weighted by Crippen LogP contribution is -2.26. The lowest BCUT2D eigenvalue weighted by molar-refractivity contribution is 0.319. The third kappa shape index (κ3) is 4.76. The molecule has 0 aliphatic heterocycles. The minimum atomic E-state index is -0.526. The van der Waals surface area contributed by atoms with Gasteiger partial charge in [0, 0.05) is 24.0 Å². The number of oxime groups is 1. The summed E-state index contributed by atoms with van der Waals surface area (Å²) in [4.78, 5) is 12.0. The molecule has 4 N–H and O–H groups in total. The number of nitrogens with zero attached hydrogens (tertiary/aromatic N) is 3. The van der Waals surface area contributed by atoms with E-state index in [0.29, 0.717) is 29.0 Å². The number of pyridine rings is 1. The van der Waals surface area contributed by atoms with Crippen molar-refractivity contribution in [3.05, 3.63) is 52.7 Å². The molecule has 0 aliphatic rings. The second-order valence-electron chi connectivity index (χ2n) is 7.61. The Morgan fingerprint density at radius 2 is 2.11 bits per heavy atom. The van der Waals surface area contributed by atoms with E-state index < -0.39 is 5.82 Å². The van der Waals surface area contributed by atoms with E-state index in [4.69, 9.17) is 11.6 Å². The molecule has 0 saturated carbocycles. The van der Waals surface area contributed by atoms with E-state index in [1.165, 1.54) is 18.2 Å². The predicted molar refractivity (Wildman–Crippen MR) is 108 cm³/mol. The van der Waals surface area contributed by atoms with E-state index in [-0.39, 0.29) is 16.3 Å². The number of amidine groups is 1. The smallest absolute Gasteiger partial charge is 0.179 e. The number of anilines is 1. The van der Waals surface area contributed by atoms with Crippen molar-refractivity contribution in [3.63, 3.8) is 0 Å². The van der Waals surface area contributed by atoms with Gasteiger partial charge in [-0.3, -0.25) is 0 Å². The Labute approximate surface area is 167 Å². The maximum Gasteiger partial charge on any atom is 0.179 e. The van der Waals surface area contributed by atoms with Crippen molar-refractivity contribution in [2.45, 2.75) is 27.3 Å². The third-order valence-corrected chi connectivity index (χ3v) is 4.22. The second kappa shape index (κ2) is 8.12. The van der Waals surface area contributed by atoms with Gasteiger partial charge in [0.1, 0.15) is 11.6 Å². The van der Waals surface area contributed by atoms with Gasteiger partial charge >= 0.3 is 0 Å². The minimum absolute atomic E-state index is 0.0316. The Hall–Kier alpha value is -2.71. The summed E-state index contributed by atoms with van der Waals surface area (Å²) in [7, 11) is 0. The quantitative estimate of drug-likeness (QED) is 0.222. The monoisotopic (exact) mass is 404 g/mol. The molecule has 7 nitrogen and oxygen atoms in total. The highest BCUT2D eigenvalue weighted by Crippen LogP contribution is 2.22. The molecular weight excluding hydrogens is 383 g/mol. The molecule has 2 heterocycles. The molecule has 9 heteroatoms. The van der Waals surface area contributed by atoms with Crippen LogP contribution in [0.5, 0.6) is 0 Å². The summed E-state index contributed by atoms with van der Waals surface area (Å²) >= 11 is 5.81. The van der Waals surface area contributed by atoms with E-state index in [9.17, 15) is 9.60 Å². The van der Waals surface area contributed by atoms with Gasteiger partial charge in [0.25, 0.3) is 0 Å². The van der Waals surface area contributed by atoms with Gasteiger partial charge in [0.15, 0.2) is 11.5 Å². The molecule has 0 bridgehead atoms. The molecule has 0 spiro atoms. The molecule has 0 aliphatic carbocycles. The molecule has 28 heavy (non-hydrogen) atoms. The summed E-state index contributed by atoms with van der Waals surface area (Å²) in [6.45, 7) is 7.83. The lowest BCUT2D eigenvalue weighted by Gasteiger charge is -2.18. The zero-order valence-corrected chi connectivity index (χ0v) is 16.6. The van der Waals surface area contributed by atoms with Crippen LogP contribution in [-0.2, 0) is 6.54 Å². The second-order valence-corrected chi connectivity index (χ2v) is 8.01. The molecule has 0 amide bonds. The number of nitrogens with one attached hydrogen (secondary N) is 3. The maximum absolute atomic E-state index is 13.4. The van der Waals surface area contributed by atoms with Crippen LogP contribution in [0.4, 0.5) is 10.1 Å². The van der Waals surface area contributed by atoms with Crippen LogP contribution >= 0.6 is 11.6 Å². The van der Waals surface area contributed by atoms with Crippen molar-refractivity contribution < 1.29 is 9.60 Å². The van der Waals surface area contributed by atoms with Crippen molar-refractivity contribution >= 4 is 34.3 Å². The summed E-state index contributed by atoms with van der Waals surface area (Å²) in [6, 6.07) is 5.84. The van der Waals surface area contributed by atoms with Gasteiger partial charge in [-0.25, -0.2) is 14.4 Å². The molecule has 0 radical (unpaired) electrons. The summed E-state index contributed by atoms with van der Waals surface area (Å²) < 4.78 is 13.4. The molecular formula is C19H22ClFN6O. The zero-order valence-electron chi connectivity index (χ0n) is 15.8. The highest BCUT2D eigenvalue weighted by atomic mass is 35.5. The number of aromatic nitrogens is 3. The number of rotatable bonds is 5. The van der Waals surface area contributed by atoms with Crippen molar-refractivity contribution in [1.29, 1.82) is 0 Å². The Bertz CT molecular complexity index is 1010. The molecule has 3 aromatic rings. The first-order valence-corrected chi connectivity index (χ1v) is 9.13. The number of aromatic amines is 1. The number of imidazole rings is 1. The first-order valence-electron chi connectivity index (χ1n) is 8.75. The number of fused-ring (bicyclic) bond motifs is 1. The SMILES string of the molecule is CC(C)(C)CNCc1nc2nccc(/C(=N\O)Nc3ccc(F)c(Cl)c3)c2[nH]1. The van der Waals surface area contributed by atoms with E-state index >= 15 is 0 Å². The fourth-order valence-corrected chi connectivity index (χ4v) is 2.83. The first kappa shape index (κ1) is 20.0. The fourth-order valence-electron chi connectivity index (χ4n) is 2.65. The van der Waals surface area contributed by atoms with Gasteiger partial charge in [-0.05, 0) is 29.7 Å². The Kier molecular flexibility index (Phi) is 5.81. The van der Waals surface area contributed by atoms with E-state index in [1.807, 2.05) is 0 Å². The van der Waals surface area contributed by atoms with E-state index in [2.05, 4.69) is 51.5 Å². The molecule has 1 aromatic carbocycles. The number of H-pyrrole nitrogens is 1. The van der Waals surface area contributed by atoms with Gasteiger partial charge in [0.05, 0.1) is 17.1 Å². The maximum atomic E-state index is 13.4. The number of hydrogen-bond donors (Lipinski definition) is 4. The molecule has 148 valence electrons. The fraction of sp³-hybridized carbons (Fsp3) is 0.316. The van der Waals surface area contributed by atoms with Crippen molar-refractivity contribution in [2.24, 2.45) is 10.6 Å². The van der Waals surface area contributed by atoms with Crippen molar-refractivity contribution in [3.8, 4) is 0 Å². The van der Waals surface area contributed by atoms with Gasteiger partial charge in [-0.1, -0.05) is 37.5 Å². The molecule has 0 fully saturated rings. The highest BCUT2D eigenvalue weighted by molar-refractivity contribution is 6.31. The Balaban J connectivity index is 1.85. The summed E-state index contributed by atoms with van der Waals surface area (Å²) in [5.74, 6) is 0.358. The van der Waals surface area contributed by atoms with Crippen molar-refractivity contribution in [2.75, 3.05) is 11.9 Å². The zero-order chi connectivity index (χ0) is 20.3. The summed E-state index contributed by atoms with van der Waals surface area (Å²) in [5.41, 5.74) is 2.35. The van der Waals surface area contributed by atoms with E-state index in [1.54, 1.807) is 12.3 Å². The van der Waals surface area contributed by atoms with Crippen LogP contribution < -0.4 is 10.6 Å². The van der Waals surface area contributed by atoms with Gasteiger partial charge in [-0.15, -0.1) is 0 Å². The van der Waals surface area contributed by atoms with Crippen molar-refractivity contribution in [1.82, 2.24) is 20.3 Å². The average Bonchev–Trinajstić information content (AvgIpc) is 3.04. The lowest BCUT2D eigenvalue weighted by atomic mass is 9.97.